The Balaban J connectivity index is 2.13. The Bertz CT molecular complexity index is 618. The van der Waals surface area contributed by atoms with Gasteiger partial charge in [-0.3, -0.25) is 0 Å². The van der Waals surface area contributed by atoms with Gasteiger partial charge < -0.3 is 15.2 Å². The highest BCUT2D eigenvalue weighted by Gasteiger charge is 2.08. The molecule has 1 aromatic heterocycles. The monoisotopic (exact) mass is 269 g/mol. The zero-order valence-electron chi connectivity index (χ0n) is 11.2. The van der Waals surface area contributed by atoms with Crippen molar-refractivity contribution in [3.8, 4) is 17.7 Å². The van der Waals surface area contributed by atoms with Crippen molar-refractivity contribution in [3.05, 3.63) is 47.7 Å². The van der Waals surface area contributed by atoms with Crippen LogP contribution < -0.4 is 10.5 Å². The van der Waals surface area contributed by atoms with Gasteiger partial charge in [-0.25, -0.2) is 4.98 Å². The topological polar surface area (TPSA) is 81.2 Å². The van der Waals surface area contributed by atoms with E-state index in [4.69, 9.17) is 20.5 Å². The van der Waals surface area contributed by atoms with Crippen molar-refractivity contribution in [1.29, 1.82) is 5.26 Å². The number of hydrogen-bond donors (Lipinski definition) is 1. The van der Waals surface area contributed by atoms with Crippen LogP contribution in [0.2, 0.25) is 0 Å². The van der Waals surface area contributed by atoms with Gasteiger partial charge in [-0.2, -0.15) is 5.26 Å². The minimum absolute atomic E-state index is 0.244. The molecule has 0 radical (unpaired) electrons. The summed E-state index contributed by atoms with van der Waals surface area (Å²) in [4.78, 5) is 4.04. The fraction of sp³-hybridized carbons (Fsp3) is 0.200. The number of ether oxygens (including phenoxy) is 2. The van der Waals surface area contributed by atoms with Gasteiger partial charge >= 0.3 is 0 Å². The predicted octanol–water partition coefficient (Wildman–Crippen LogP) is 2.52. The molecular formula is C15H15N3O2. The lowest BCUT2D eigenvalue weighted by Gasteiger charge is -2.08. The first-order chi connectivity index (χ1) is 9.74. The molecule has 5 nitrogen and oxygen atoms in total. The number of nitrogen functional groups attached to an aromatic ring is 1. The van der Waals surface area contributed by atoms with Crippen molar-refractivity contribution in [2.24, 2.45) is 0 Å². The van der Waals surface area contributed by atoms with Gasteiger partial charge in [0.2, 0.25) is 5.88 Å². The molecule has 0 fully saturated rings. The summed E-state index contributed by atoms with van der Waals surface area (Å²) in [5.74, 6) is 0.870. The normalized spacial score (nSPS) is 10.0. The molecule has 102 valence electrons. The van der Waals surface area contributed by atoms with E-state index in [-0.39, 0.29) is 11.6 Å². The molecule has 2 N–H and O–H groups in total. The molecule has 0 spiro atoms. The smallest absolute Gasteiger partial charge is 0.244 e. The fourth-order valence-electron chi connectivity index (χ4n) is 1.69. The SMILES string of the molecule is COCCc1ccc(Oc2nccc(C#N)c2N)cc1. The second kappa shape index (κ2) is 6.55. The van der Waals surface area contributed by atoms with Gasteiger partial charge in [0, 0.05) is 13.3 Å². The van der Waals surface area contributed by atoms with Crippen LogP contribution in [0.4, 0.5) is 5.69 Å². The summed E-state index contributed by atoms with van der Waals surface area (Å²) in [5, 5.41) is 8.90. The van der Waals surface area contributed by atoms with E-state index < -0.39 is 0 Å². The second-order valence-corrected chi connectivity index (χ2v) is 4.18. The van der Waals surface area contributed by atoms with E-state index in [0.29, 0.717) is 17.9 Å². The Morgan fingerprint density at radius 3 is 2.65 bits per heavy atom. The number of nitrogens with zero attached hydrogens (tertiary/aromatic N) is 2. The summed E-state index contributed by atoms with van der Waals surface area (Å²) in [7, 11) is 1.67. The summed E-state index contributed by atoms with van der Waals surface area (Å²) in [6.07, 6.45) is 2.35. The van der Waals surface area contributed by atoms with Gasteiger partial charge in [-0.1, -0.05) is 12.1 Å². The van der Waals surface area contributed by atoms with Crippen molar-refractivity contribution in [2.45, 2.75) is 6.42 Å². The number of nitriles is 1. The van der Waals surface area contributed by atoms with E-state index in [9.17, 15) is 0 Å². The third-order valence-electron chi connectivity index (χ3n) is 2.81. The third kappa shape index (κ3) is 3.25. The van der Waals surface area contributed by atoms with Gasteiger partial charge in [0.1, 0.15) is 17.5 Å². The predicted molar refractivity (Wildman–Crippen MR) is 75.5 cm³/mol. The summed E-state index contributed by atoms with van der Waals surface area (Å²) < 4.78 is 10.6. The first-order valence-electron chi connectivity index (χ1n) is 6.15. The van der Waals surface area contributed by atoms with Crippen LogP contribution in [0.1, 0.15) is 11.1 Å². The van der Waals surface area contributed by atoms with Crippen molar-refractivity contribution in [3.63, 3.8) is 0 Å². The average molecular weight is 269 g/mol. The molecule has 1 aromatic carbocycles. The van der Waals surface area contributed by atoms with Crippen LogP contribution in [-0.4, -0.2) is 18.7 Å². The van der Waals surface area contributed by atoms with Crippen molar-refractivity contribution >= 4 is 5.69 Å². The zero-order valence-corrected chi connectivity index (χ0v) is 11.2. The molecular weight excluding hydrogens is 254 g/mol. The van der Waals surface area contributed by atoms with Crippen LogP contribution in [0.5, 0.6) is 11.6 Å². The Morgan fingerprint density at radius 2 is 2.00 bits per heavy atom. The van der Waals surface area contributed by atoms with Gasteiger partial charge in [0.25, 0.3) is 0 Å². The van der Waals surface area contributed by atoms with Gasteiger partial charge in [0.15, 0.2) is 0 Å². The number of aromatic nitrogens is 1. The molecule has 0 saturated carbocycles. The number of benzene rings is 1. The van der Waals surface area contributed by atoms with Crippen LogP contribution in [-0.2, 0) is 11.2 Å². The highest BCUT2D eigenvalue weighted by atomic mass is 16.5. The maximum atomic E-state index is 8.90. The standard InChI is InChI=1S/C15H15N3O2/c1-19-9-7-11-2-4-13(5-3-11)20-15-14(17)12(10-16)6-8-18-15/h2-6,8H,7,9,17H2,1H3. The van der Waals surface area contributed by atoms with Crippen LogP contribution >= 0.6 is 0 Å². The molecule has 2 rings (SSSR count). The van der Waals surface area contributed by atoms with Gasteiger partial charge in [0.05, 0.1) is 12.2 Å². The van der Waals surface area contributed by atoms with Crippen LogP contribution in [0.15, 0.2) is 36.5 Å². The number of hydrogen-bond acceptors (Lipinski definition) is 5. The molecule has 0 aliphatic heterocycles. The Labute approximate surface area is 117 Å². The number of nitrogens with two attached hydrogens (primary N) is 1. The highest BCUT2D eigenvalue weighted by Crippen LogP contribution is 2.27. The van der Waals surface area contributed by atoms with E-state index in [1.807, 2.05) is 30.3 Å². The van der Waals surface area contributed by atoms with Gasteiger partial charge in [-0.05, 0) is 30.2 Å². The highest BCUT2D eigenvalue weighted by molar-refractivity contribution is 5.60. The van der Waals surface area contributed by atoms with Gasteiger partial charge in [-0.15, -0.1) is 0 Å². The Morgan fingerprint density at radius 1 is 1.25 bits per heavy atom. The lowest BCUT2D eigenvalue weighted by molar-refractivity contribution is 0.202. The second-order valence-electron chi connectivity index (χ2n) is 4.18. The maximum absolute atomic E-state index is 8.90. The number of rotatable bonds is 5. The first-order valence-corrected chi connectivity index (χ1v) is 6.15. The lowest BCUT2D eigenvalue weighted by atomic mass is 10.1. The zero-order chi connectivity index (χ0) is 14.4. The summed E-state index contributed by atoms with van der Waals surface area (Å²) in [6.45, 7) is 0.679. The van der Waals surface area contributed by atoms with E-state index in [0.717, 1.165) is 12.0 Å². The third-order valence-corrected chi connectivity index (χ3v) is 2.81. The molecule has 0 saturated heterocycles. The average Bonchev–Trinajstić information content (AvgIpc) is 2.48. The molecule has 1 heterocycles. The van der Waals surface area contributed by atoms with Crippen molar-refractivity contribution in [2.75, 3.05) is 19.5 Å². The quantitative estimate of drug-likeness (QED) is 0.902. The number of anilines is 1. The molecule has 20 heavy (non-hydrogen) atoms. The first kappa shape index (κ1) is 13.8. The van der Waals surface area contributed by atoms with Crippen molar-refractivity contribution < 1.29 is 9.47 Å². The molecule has 5 heteroatoms. The number of methoxy groups -OCH3 is 1. The maximum Gasteiger partial charge on any atom is 0.244 e. The lowest BCUT2D eigenvalue weighted by Crippen LogP contribution is -1.98. The van der Waals surface area contributed by atoms with E-state index >= 15 is 0 Å². The molecule has 0 aliphatic carbocycles. The van der Waals surface area contributed by atoms with Crippen LogP contribution in [0, 0.1) is 11.3 Å². The van der Waals surface area contributed by atoms with E-state index in [1.165, 1.54) is 6.20 Å². The van der Waals surface area contributed by atoms with E-state index in [2.05, 4.69) is 4.98 Å². The molecule has 0 bridgehead atoms. The summed E-state index contributed by atoms with van der Waals surface area (Å²) in [6, 6.07) is 11.1. The minimum Gasteiger partial charge on any atom is -0.437 e. The Hall–Kier alpha value is -2.58. The largest absolute Gasteiger partial charge is 0.437 e. The molecule has 0 atom stereocenters. The van der Waals surface area contributed by atoms with E-state index in [1.54, 1.807) is 13.2 Å². The summed E-state index contributed by atoms with van der Waals surface area (Å²) in [5.41, 5.74) is 7.57. The van der Waals surface area contributed by atoms with Crippen LogP contribution in [0.3, 0.4) is 0 Å². The molecule has 0 aliphatic rings. The molecule has 0 amide bonds. The number of pyridine rings is 1. The van der Waals surface area contributed by atoms with Crippen molar-refractivity contribution in [1.82, 2.24) is 4.98 Å². The minimum atomic E-state index is 0.244. The molecule has 0 unspecified atom stereocenters. The van der Waals surface area contributed by atoms with Crippen LogP contribution in [0.25, 0.3) is 0 Å². The summed E-state index contributed by atoms with van der Waals surface area (Å²) >= 11 is 0. The fourth-order valence-corrected chi connectivity index (χ4v) is 1.69. The Kier molecular flexibility index (Phi) is 4.53. The molecule has 2 aromatic rings.